The first-order valence-corrected chi connectivity index (χ1v) is 12.5. The third-order valence-corrected chi connectivity index (χ3v) is 7.49. The standard InChI is InChI=1S/C21H30N4O2S2/c1-15-12-24(13-16(2)27-15)20(26)14-29-21-23-22-19(11-18-9-6-10-28-18)25(21)17-7-4-3-5-8-17/h6,9-10,15-17H,3-5,7-8,11-14H2,1-2H3. The number of hydrogen-bond acceptors (Lipinski definition) is 6. The van der Waals surface area contributed by atoms with Gasteiger partial charge in [-0.3, -0.25) is 4.79 Å². The van der Waals surface area contributed by atoms with Crippen molar-refractivity contribution in [1.82, 2.24) is 19.7 Å². The minimum atomic E-state index is 0.0935. The minimum absolute atomic E-state index is 0.0935. The van der Waals surface area contributed by atoms with Crippen LogP contribution in [0.25, 0.3) is 0 Å². The lowest BCUT2D eigenvalue weighted by Gasteiger charge is -2.35. The van der Waals surface area contributed by atoms with Crippen molar-refractivity contribution in [2.24, 2.45) is 0 Å². The van der Waals surface area contributed by atoms with E-state index in [0.29, 0.717) is 24.9 Å². The molecular weight excluding hydrogens is 404 g/mol. The van der Waals surface area contributed by atoms with Gasteiger partial charge in [-0.1, -0.05) is 37.1 Å². The van der Waals surface area contributed by atoms with Gasteiger partial charge >= 0.3 is 0 Å². The van der Waals surface area contributed by atoms with Gasteiger partial charge in [-0.25, -0.2) is 0 Å². The van der Waals surface area contributed by atoms with Crippen molar-refractivity contribution >= 4 is 29.0 Å². The van der Waals surface area contributed by atoms with Crippen molar-refractivity contribution < 1.29 is 9.53 Å². The Kier molecular flexibility index (Phi) is 6.92. The van der Waals surface area contributed by atoms with Crippen molar-refractivity contribution in [2.75, 3.05) is 18.8 Å². The van der Waals surface area contributed by atoms with Gasteiger partial charge in [0.05, 0.1) is 18.0 Å². The number of morpholine rings is 1. The highest BCUT2D eigenvalue weighted by molar-refractivity contribution is 7.99. The lowest BCUT2D eigenvalue weighted by molar-refractivity contribution is -0.140. The van der Waals surface area contributed by atoms with Crippen LogP contribution in [0.5, 0.6) is 0 Å². The van der Waals surface area contributed by atoms with Gasteiger partial charge in [-0.15, -0.1) is 21.5 Å². The summed E-state index contributed by atoms with van der Waals surface area (Å²) in [7, 11) is 0. The molecule has 2 atom stereocenters. The predicted molar refractivity (Wildman–Crippen MR) is 117 cm³/mol. The summed E-state index contributed by atoms with van der Waals surface area (Å²) in [6, 6.07) is 4.69. The number of nitrogens with zero attached hydrogens (tertiary/aromatic N) is 4. The van der Waals surface area contributed by atoms with Gasteiger partial charge in [0.15, 0.2) is 5.16 Å². The normalized spacial score (nSPS) is 23.4. The van der Waals surface area contributed by atoms with Gasteiger partial charge in [0.2, 0.25) is 5.91 Å². The van der Waals surface area contributed by atoms with Crippen LogP contribution in [0.2, 0.25) is 0 Å². The maximum absolute atomic E-state index is 12.8. The third-order valence-electron chi connectivity index (χ3n) is 5.68. The van der Waals surface area contributed by atoms with Crippen molar-refractivity contribution in [3.63, 3.8) is 0 Å². The highest BCUT2D eigenvalue weighted by atomic mass is 32.2. The van der Waals surface area contributed by atoms with Crippen LogP contribution >= 0.6 is 23.1 Å². The Morgan fingerprint density at radius 2 is 1.97 bits per heavy atom. The van der Waals surface area contributed by atoms with Crippen LogP contribution in [-0.4, -0.2) is 56.6 Å². The maximum Gasteiger partial charge on any atom is 0.233 e. The Morgan fingerprint density at radius 3 is 2.66 bits per heavy atom. The first-order chi connectivity index (χ1) is 14.1. The Morgan fingerprint density at radius 1 is 1.21 bits per heavy atom. The average molecular weight is 435 g/mol. The number of thiophene rings is 1. The predicted octanol–water partition coefficient (Wildman–Crippen LogP) is 4.16. The Balaban J connectivity index is 1.47. The quantitative estimate of drug-likeness (QED) is 0.639. The fourth-order valence-electron chi connectivity index (χ4n) is 4.40. The second-order valence-corrected chi connectivity index (χ2v) is 10.1. The van der Waals surface area contributed by atoms with Crippen LogP contribution in [-0.2, 0) is 16.0 Å². The number of aromatic nitrogens is 3. The number of ether oxygens (including phenoxy) is 1. The van der Waals surface area contributed by atoms with Crippen molar-refractivity contribution in [2.45, 2.75) is 75.8 Å². The van der Waals surface area contributed by atoms with E-state index in [-0.39, 0.29) is 18.1 Å². The second kappa shape index (κ2) is 9.62. The molecule has 2 fully saturated rings. The molecule has 1 amide bonds. The van der Waals surface area contributed by atoms with E-state index in [4.69, 9.17) is 4.74 Å². The highest BCUT2D eigenvalue weighted by Crippen LogP contribution is 2.33. The molecule has 0 radical (unpaired) electrons. The molecule has 0 spiro atoms. The van der Waals surface area contributed by atoms with Crippen LogP contribution in [0.3, 0.4) is 0 Å². The highest BCUT2D eigenvalue weighted by Gasteiger charge is 2.27. The number of hydrogen-bond donors (Lipinski definition) is 0. The summed E-state index contributed by atoms with van der Waals surface area (Å²) in [6.07, 6.45) is 7.18. The van der Waals surface area contributed by atoms with Gasteiger partial charge in [-0.2, -0.15) is 0 Å². The van der Waals surface area contributed by atoms with Crippen LogP contribution in [0.1, 0.15) is 62.7 Å². The molecule has 0 bridgehead atoms. The van der Waals surface area contributed by atoms with Gasteiger partial charge in [0, 0.05) is 30.4 Å². The van der Waals surface area contributed by atoms with E-state index in [1.165, 1.54) is 48.7 Å². The lowest BCUT2D eigenvalue weighted by atomic mass is 9.95. The first-order valence-electron chi connectivity index (χ1n) is 10.6. The zero-order valence-electron chi connectivity index (χ0n) is 17.2. The number of amides is 1. The van der Waals surface area contributed by atoms with E-state index >= 15 is 0 Å². The molecule has 8 heteroatoms. The van der Waals surface area contributed by atoms with E-state index in [1.807, 2.05) is 18.7 Å². The molecule has 2 aromatic heterocycles. The summed E-state index contributed by atoms with van der Waals surface area (Å²) in [4.78, 5) is 16.0. The molecule has 29 heavy (non-hydrogen) atoms. The molecule has 1 saturated carbocycles. The van der Waals surface area contributed by atoms with E-state index in [1.54, 1.807) is 11.3 Å². The van der Waals surface area contributed by atoms with Gasteiger partial charge in [0.25, 0.3) is 0 Å². The zero-order chi connectivity index (χ0) is 20.2. The molecule has 2 aromatic rings. The summed E-state index contributed by atoms with van der Waals surface area (Å²) < 4.78 is 8.09. The zero-order valence-corrected chi connectivity index (χ0v) is 18.9. The summed E-state index contributed by atoms with van der Waals surface area (Å²) in [5.41, 5.74) is 0. The van der Waals surface area contributed by atoms with E-state index < -0.39 is 0 Å². The number of carbonyl (C=O) groups is 1. The fraction of sp³-hybridized carbons (Fsp3) is 0.667. The largest absolute Gasteiger partial charge is 0.372 e. The molecule has 1 aliphatic heterocycles. The maximum atomic E-state index is 12.8. The molecular formula is C21H30N4O2S2. The van der Waals surface area contributed by atoms with E-state index in [2.05, 4.69) is 32.3 Å². The smallest absolute Gasteiger partial charge is 0.233 e. The van der Waals surface area contributed by atoms with Crippen LogP contribution in [0.15, 0.2) is 22.7 Å². The molecule has 158 valence electrons. The van der Waals surface area contributed by atoms with Gasteiger partial charge < -0.3 is 14.2 Å². The fourth-order valence-corrected chi connectivity index (χ4v) is 6.03. The van der Waals surface area contributed by atoms with E-state index in [0.717, 1.165) is 17.4 Å². The average Bonchev–Trinajstić information content (AvgIpc) is 3.36. The Bertz CT molecular complexity index is 792. The Labute approximate surface area is 181 Å². The van der Waals surface area contributed by atoms with Crippen molar-refractivity contribution in [3.8, 4) is 0 Å². The molecule has 0 N–H and O–H groups in total. The molecule has 4 rings (SSSR count). The first kappa shape index (κ1) is 20.9. The Hall–Kier alpha value is -1.38. The third kappa shape index (κ3) is 5.22. The molecule has 3 heterocycles. The number of carbonyl (C=O) groups excluding carboxylic acids is 1. The van der Waals surface area contributed by atoms with Crippen LogP contribution in [0, 0.1) is 0 Å². The summed E-state index contributed by atoms with van der Waals surface area (Å²) in [5, 5.41) is 12.0. The SMILES string of the molecule is CC1CN(C(=O)CSc2nnc(Cc3cccs3)n2C2CCCCC2)CC(C)O1. The van der Waals surface area contributed by atoms with Gasteiger partial charge in [0.1, 0.15) is 5.82 Å². The topological polar surface area (TPSA) is 60.2 Å². The van der Waals surface area contributed by atoms with E-state index in [9.17, 15) is 4.79 Å². The molecule has 1 aliphatic carbocycles. The summed E-state index contributed by atoms with van der Waals surface area (Å²) in [5.74, 6) is 1.60. The number of thioether (sulfide) groups is 1. The monoisotopic (exact) mass is 434 g/mol. The molecule has 2 aliphatic rings. The van der Waals surface area contributed by atoms with Crippen LogP contribution < -0.4 is 0 Å². The molecule has 0 aromatic carbocycles. The molecule has 1 saturated heterocycles. The minimum Gasteiger partial charge on any atom is -0.372 e. The molecule has 2 unspecified atom stereocenters. The van der Waals surface area contributed by atoms with Gasteiger partial charge in [-0.05, 0) is 38.1 Å². The van der Waals surface area contributed by atoms with Crippen molar-refractivity contribution in [3.05, 3.63) is 28.2 Å². The second-order valence-electron chi connectivity index (χ2n) is 8.16. The lowest BCUT2D eigenvalue weighted by Crippen LogP contribution is -2.48. The summed E-state index contributed by atoms with van der Waals surface area (Å²) in [6.45, 7) is 5.39. The molecule has 6 nitrogen and oxygen atoms in total. The summed E-state index contributed by atoms with van der Waals surface area (Å²) >= 11 is 3.30. The van der Waals surface area contributed by atoms with Crippen molar-refractivity contribution in [1.29, 1.82) is 0 Å². The number of rotatable bonds is 6. The van der Waals surface area contributed by atoms with Crippen LogP contribution in [0.4, 0.5) is 0 Å².